The molecule has 30 heavy (non-hydrogen) atoms. The predicted octanol–water partition coefficient (Wildman–Crippen LogP) is 3.99. The summed E-state index contributed by atoms with van der Waals surface area (Å²) in [6, 6.07) is 9.41. The highest BCUT2D eigenvalue weighted by atomic mass is 32.2. The van der Waals surface area contributed by atoms with E-state index < -0.39 is 26.4 Å². The van der Waals surface area contributed by atoms with Crippen LogP contribution in [0.1, 0.15) is 5.56 Å². The minimum atomic E-state index is -4.13. The molecule has 0 unspecified atom stereocenters. The van der Waals surface area contributed by atoms with E-state index in [1.165, 1.54) is 12.3 Å². The molecule has 1 aromatic heterocycles. The van der Waals surface area contributed by atoms with Crippen molar-refractivity contribution in [3.05, 3.63) is 71.3 Å². The molecule has 2 aromatic carbocycles. The number of anilines is 3. The molecule has 0 aliphatic heterocycles. The molecule has 0 saturated heterocycles. The van der Waals surface area contributed by atoms with E-state index in [0.717, 1.165) is 23.2 Å². The number of nitrogens with one attached hydrogen (secondary N) is 2. The standard InChI is InChI=1S/C20H18F2N4O3S/c1-23-19-13(9-10-30(27,28)18-8-3-14(21)11-17(18)22)12-24-20(26-19)25-15-4-6-16(29-2)7-5-15/h3-12H,1-2H3,(H2,23,24,25,26)/b10-9+. The van der Waals surface area contributed by atoms with Crippen molar-refractivity contribution >= 4 is 33.4 Å². The fraction of sp³-hybridized carbons (Fsp3) is 0.100. The Morgan fingerprint density at radius 3 is 2.47 bits per heavy atom. The molecule has 0 bridgehead atoms. The Bertz CT molecular complexity index is 1180. The van der Waals surface area contributed by atoms with Crippen LogP contribution in [0.25, 0.3) is 6.08 Å². The summed E-state index contributed by atoms with van der Waals surface area (Å²) >= 11 is 0. The highest BCUT2D eigenvalue weighted by Crippen LogP contribution is 2.23. The lowest BCUT2D eigenvalue weighted by Crippen LogP contribution is -2.03. The van der Waals surface area contributed by atoms with Gasteiger partial charge in [-0.25, -0.2) is 22.2 Å². The summed E-state index contributed by atoms with van der Waals surface area (Å²) in [5.74, 6) is -0.678. The van der Waals surface area contributed by atoms with Crippen molar-refractivity contribution < 1.29 is 21.9 Å². The van der Waals surface area contributed by atoms with Crippen LogP contribution in [-0.4, -0.2) is 32.5 Å². The number of rotatable bonds is 7. The molecule has 7 nitrogen and oxygen atoms in total. The second-order valence-electron chi connectivity index (χ2n) is 6.02. The Kier molecular flexibility index (Phi) is 6.26. The van der Waals surface area contributed by atoms with Crippen LogP contribution in [0.15, 0.2) is 59.0 Å². The second-order valence-corrected chi connectivity index (χ2v) is 7.83. The van der Waals surface area contributed by atoms with Gasteiger partial charge < -0.3 is 15.4 Å². The van der Waals surface area contributed by atoms with Gasteiger partial charge in [-0.3, -0.25) is 0 Å². The summed E-state index contributed by atoms with van der Waals surface area (Å²) in [6.07, 6.45) is 2.65. The topological polar surface area (TPSA) is 93.2 Å². The van der Waals surface area contributed by atoms with E-state index in [2.05, 4.69) is 20.6 Å². The smallest absolute Gasteiger partial charge is 0.229 e. The number of halogens is 2. The number of methoxy groups -OCH3 is 1. The summed E-state index contributed by atoms with van der Waals surface area (Å²) < 4.78 is 56.7. The zero-order valence-corrected chi connectivity index (χ0v) is 16.9. The van der Waals surface area contributed by atoms with Gasteiger partial charge in [0, 0.05) is 36.0 Å². The third kappa shape index (κ3) is 4.90. The van der Waals surface area contributed by atoms with Gasteiger partial charge in [0.2, 0.25) is 15.8 Å². The van der Waals surface area contributed by atoms with Crippen LogP contribution in [0.2, 0.25) is 0 Å². The van der Waals surface area contributed by atoms with Gasteiger partial charge in [0.1, 0.15) is 28.1 Å². The Labute approximate surface area is 172 Å². The van der Waals surface area contributed by atoms with Gasteiger partial charge in [-0.05, 0) is 42.5 Å². The molecule has 0 radical (unpaired) electrons. The van der Waals surface area contributed by atoms with Crippen LogP contribution < -0.4 is 15.4 Å². The lowest BCUT2D eigenvalue weighted by Gasteiger charge is -2.09. The lowest BCUT2D eigenvalue weighted by atomic mass is 10.3. The highest BCUT2D eigenvalue weighted by molar-refractivity contribution is 7.94. The summed E-state index contributed by atoms with van der Waals surface area (Å²) in [6.45, 7) is 0. The average molecular weight is 432 g/mol. The molecule has 0 fully saturated rings. The molecule has 0 aliphatic carbocycles. The first-order valence-corrected chi connectivity index (χ1v) is 10.2. The maximum atomic E-state index is 13.8. The molecule has 0 amide bonds. The van der Waals surface area contributed by atoms with Crippen molar-refractivity contribution in [1.82, 2.24) is 9.97 Å². The molecule has 156 valence electrons. The van der Waals surface area contributed by atoms with E-state index in [1.54, 1.807) is 38.4 Å². The molecule has 2 N–H and O–H groups in total. The Hall–Kier alpha value is -3.53. The van der Waals surface area contributed by atoms with Crippen LogP contribution in [0, 0.1) is 11.6 Å². The minimum absolute atomic E-state index is 0.286. The van der Waals surface area contributed by atoms with Gasteiger partial charge in [0.05, 0.1) is 7.11 Å². The maximum absolute atomic E-state index is 13.8. The largest absolute Gasteiger partial charge is 0.497 e. The van der Waals surface area contributed by atoms with Gasteiger partial charge in [0.25, 0.3) is 0 Å². The normalized spacial score (nSPS) is 11.5. The first kappa shape index (κ1) is 21.2. The van der Waals surface area contributed by atoms with Crippen LogP contribution in [0.3, 0.4) is 0 Å². The third-order valence-corrected chi connectivity index (χ3v) is 5.47. The zero-order valence-electron chi connectivity index (χ0n) is 16.1. The summed E-state index contributed by atoms with van der Waals surface area (Å²) in [4.78, 5) is 7.84. The first-order valence-electron chi connectivity index (χ1n) is 8.66. The SMILES string of the molecule is CNc1nc(Nc2ccc(OC)cc2)ncc1/C=C/S(=O)(=O)c1ccc(F)cc1F. The molecule has 3 rings (SSSR count). The molecule has 1 heterocycles. The molecule has 0 aliphatic rings. The Balaban J connectivity index is 1.83. The summed E-state index contributed by atoms with van der Waals surface area (Å²) in [5, 5.41) is 6.70. The summed E-state index contributed by atoms with van der Waals surface area (Å²) in [5.41, 5.74) is 1.10. The molecular formula is C20H18F2N4O3S. The van der Waals surface area contributed by atoms with Crippen LogP contribution >= 0.6 is 0 Å². The first-order chi connectivity index (χ1) is 14.3. The van der Waals surface area contributed by atoms with E-state index in [0.29, 0.717) is 23.2 Å². The number of ether oxygens (including phenoxy) is 1. The van der Waals surface area contributed by atoms with Crippen molar-refractivity contribution in [2.45, 2.75) is 4.90 Å². The van der Waals surface area contributed by atoms with Gasteiger partial charge in [-0.15, -0.1) is 0 Å². The van der Waals surface area contributed by atoms with Gasteiger partial charge in [-0.2, -0.15) is 4.98 Å². The number of hydrogen-bond donors (Lipinski definition) is 2. The summed E-state index contributed by atoms with van der Waals surface area (Å²) in [7, 11) is -0.942. The van der Waals surface area contributed by atoms with Crippen molar-refractivity contribution in [1.29, 1.82) is 0 Å². The van der Waals surface area contributed by atoms with E-state index in [4.69, 9.17) is 4.74 Å². The molecule has 10 heteroatoms. The quantitative estimate of drug-likeness (QED) is 0.545. The number of sulfone groups is 1. The van der Waals surface area contributed by atoms with Crippen molar-refractivity contribution in [2.75, 3.05) is 24.8 Å². The van der Waals surface area contributed by atoms with Gasteiger partial charge in [0.15, 0.2) is 0 Å². The predicted molar refractivity (Wildman–Crippen MR) is 110 cm³/mol. The third-order valence-electron chi connectivity index (χ3n) is 4.03. The van der Waals surface area contributed by atoms with E-state index >= 15 is 0 Å². The lowest BCUT2D eigenvalue weighted by molar-refractivity contribution is 0.415. The number of aromatic nitrogens is 2. The van der Waals surface area contributed by atoms with Crippen molar-refractivity contribution in [2.24, 2.45) is 0 Å². The van der Waals surface area contributed by atoms with Crippen LogP contribution in [0.4, 0.5) is 26.2 Å². The van der Waals surface area contributed by atoms with E-state index in [-0.39, 0.29) is 5.95 Å². The molecule has 0 spiro atoms. The Morgan fingerprint density at radius 2 is 1.83 bits per heavy atom. The number of nitrogens with zero attached hydrogens (tertiary/aromatic N) is 2. The average Bonchev–Trinajstić information content (AvgIpc) is 2.73. The molecule has 3 aromatic rings. The van der Waals surface area contributed by atoms with Gasteiger partial charge >= 0.3 is 0 Å². The second kappa shape index (κ2) is 8.87. The van der Waals surface area contributed by atoms with Crippen molar-refractivity contribution in [3.63, 3.8) is 0 Å². The number of benzene rings is 2. The zero-order chi connectivity index (χ0) is 21.7. The van der Waals surface area contributed by atoms with Crippen LogP contribution in [-0.2, 0) is 9.84 Å². The molecular weight excluding hydrogens is 414 g/mol. The Morgan fingerprint density at radius 1 is 1.10 bits per heavy atom. The van der Waals surface area contributed by atoms with Crippen molar-refractivity contribution in [3.8, 4) is 5.75 Å². The monoisotopic (exact) mass is 432 g/mol. The van der Waals surface area contributed by atoms with Gasteiger partial charge in [-0.1, -0.05) is 0 Å². The minimum Gasteiger partial charge on any atom is -0.497 e. The molecule has 0 saturated carbocycles. The number of hydrogen-bond acceptors (Lipinski definition) is 7. The molecule has 0 atom stereocenters. The van der Waals surface area contributed by atoms with E-state index in [1.807, 2.05) is 0 Å². The fourth-order valence-electron chi connectivity index (χ4n) is 2.52. The maximum Gasteiger partial charge on any atom is 0.229 e. The fourth-order valence-corrected chi connectivity index (χ4v) is 3.58. The van der Waals surface area contributed by atoms with E-state index in [9.17, 15) is 17.2 Å². The van der Waals surface area contributed by atoms with Crippen LogP contribution in [0.5, 0.6) is 5.75 Å². The highest BCUT2D eigenvalue weighted by Gasteiger charge is 2.17.